The first-order valence-corrected chi connectivity index (χ1v) is 7.01. The molecular formula is C16H20O2. The van der Waals surface area contributed by atoms with Gasteiger partial charge in [0.25, 0.3) is 0 Å². The van der Waals surface area contributed by atoms with Gasteiger partial charge in [-0.05, 0) is 42.4 Å². The van der Waals surface area contributed by atoms with E-state index in [1.54, 1.807) is 0 Å². The molecule has 1 heterocycles. The number of carbonyl (C=O) groups excluding carboxylic acids is 1. The molecular weight excluding hydrogens is 224 g/mol. The Kier molecular flexibility index (Phi) is 3.11. The van der Waals surface area contributed by atoms with Gasteiger partial charge in [-0.25, -0.2) is 0 Å². The molecule has 1 unspecified atom stereocenters. The molecule has 2 nitrogen and oxygen atoms in total. The lowest BCUT2D eigenvalue weighted by atomic mass is 9.95. The number of ketones is 1. The topological polar surface area (TPSA) is 26.3 Å². The number of aryl methyl sites for hydroxylation is 1. The number of carbonyl (C=O) groups is 1. The monoisotopic (exact) mass is 244 g/mol. The molecule has 0 bridgehead atoms. The fourth-order valence-electron chi connectivity index (χ4n) is 2.75. The van der Waals surface area contributed by atoms with Crippen molar-refractivity contribution in [1.29, 1.82) is 0 Å². The van der Waals surface area contributed by atoms with Crippen LogP contribution in [-0.4, -0.2) is 12.4 Å². The lowest BCUT2D eigenvalue weighted by Crippen LogP contribution is -2.13. The third kappa shape index (κ3) is 2.43. The van der Waals surface area contributed by atoms with E-state index in [1.807, 2.05) is 6.07 Å². The largest absolute Gasteiger partial charge is 0.493 e. The van der Waals surface area contributed by atoms with Crippen LogP contribution in [-0.2, 0) is 17.6 Å². The predicted octanol–water partition coefficient (Wildman–Crippen LogP) is 3.17. The molecule has 0 saturated heterocycles. The summed E-state index contributed by atoms with van der Waals surface area (Å²) in [7, 11) is 0. The highest BCUT2D eigenvalue weighted by Gasteiger charge is 2.31. The molecule has 0 N–H and O–H groups in total. The summed E-state index contributed by atoms with van der Waals surface area (Å²) in [5.41, 5.74) is 2.57. The summed E-state index contributed by atoms with van der Waals surface area (Å²) >= 11 is 0. The van der Waals surface area contributed by atoms with E-state index in [1.165, 1.54) is 24.0 Å². The second-order valence-corrected chi connectivity index (χ2v) is 5.63. The molecule has 2 heteroatoms. The molecule has 1 saturated carbocycles. The van der Waals surface area contributed by atoms with Crippen molar-refractivity contribution >= 4 is 5.78 Å². The van der Waals surface area contributed by atoms with Gasteiger partial charge in [-0.1, -0.05) is 19.1 Å². The zero-order chi connectivity index (χ0) is 12.5. The third-order valence-corrected chi connectivity index (χ3v) is 4.25. The van der Waals surface area contributed by atoms with E-state index in [4.69, 9.17) is 4.74 Å². The van der Waals surface area contributed by atoms with Crippen LogP contribution in [0.5, 0.6) is 5.75 Å². The summed E-state index contributed by atoms with van der Waals surface area (Å²) in [6, 6.07) is 6.35. The summed E-state index contributed by atoms with van der Waals surface area (Å²) in [5.74, 6) is 2.43. The van der Waals surface area contributed by atoms with Gasteiger partial charge in [-0.2, -0.15) is 0 Å². The molecule has 1 atom stereocenters. The molecule has 1 fully saturated rings. The molecule has 0 amide bonds. The standard InChI is InChI=1S/C16H20O2/c1-11(13-4-5-13)15(17)6-2-12-3-7-16-14(10-12)8-9-18-16/h3,7,10-11,13H,2,4-6,8-9H2,1H3. The molecule has 1 aliphatic carbocycles. The molecule has 1 aliphatic heterocycles. The van der Waals surface area contributed by atoms with E-state index in [9.17, 15) is 4.79 Å². The highest BCUT2D eigenvalue weighted by Crippen LogP contribution is 2.37. The van der Waals surface area contributed by atoms with Gasteiger partial charge in [0.05, 0.1) is 6.61 Å². The maximum absolute atomic E-state index is 12.0. The van der Waals surface area contributed by atoms with Crippen LogP contribution in [0.3, 0.4) is 0 Å². The first-order chi connectivity index (χ1) is 8.74. The molecule has 1 aromatic carbocycles. The molecule has 0 aromatic heterocycles. The minimum Gasteiger partial charge on any atom is -0.493 e. The number of ether oxygens (including phenoxy) is 1. The highest BCUT2D eigenvalue weighted by molar-refractivity contribution is 5.81. The fraction of sp³-hybridized carbons (Fsp3) is 0.562. The van der Waals surface area contributed by atoms with Crippen molar-refractivity contribution in [2.24, 2.45) is 11.8 Å². The van der Waals surface area contributed by atoms with Gasteiger partial charge in [0.2, 0.25) is 0 Å². The Morgan fingerprint density at radius 3 is 3.06 bits per heavy atom. The molecule has 3 rings (SSSR count). The van der Waals surface area contributed by atoms with Crippen LogP contribution in [0, 0.1) is 11.8 Å². The second-order valence-electron chi connectivity index (χ2n) is 5.63. The Labute approximate surface area is 108 Å². The zero-order valence-electron chi connectivity index (χ0n) is 10.9. The molecule has 1 aromatic rings. The summed E-state index contributed by atoms with van der Waals surface area (Å²) in [4.78, 5) is 12.0. The summed E-state index contributed by atoms with van der Waals surface area (Å²) in [5, 5.41) is 0. The predicted molar refractivity (Wildman–Crippen MR) is 70.9 cm³/mol. The van der Waals surface area contributed by atoms with E-state index < -0.39 is 0 Å². The Bertz CT molecular complexity index is 460. The van der Waals surface area contributed by atoms with Gasteiger partial charge < -0.3 is 4.74 Å². The SMILES string of the molecule is CC(C(=O)CCc1ccc2c(c1)CCO2)C1CC1. The third-order valence-electron chi connectivity index (χ3n) is 4.25. The first-order valence-electron chi connectivity index (χ1n) is 7.01. The van der Waals surface area contributed by atoms with Gasteiger partial charge in [-0.15, -0.1) is 0 Å². The van der Waals surface area contributed by atoms with Crippen LogP contribution >= 0.6 is 0 Å². The summed E-state index contributed by atoms with van der Waals surface area (Å²) < 4.78 is 5.49. The number of Topliss-reactive ketones (excluding diaryl/α,β-unsaturated/α-hetero) is 1. The van der Waals surface area contributed by atoms with E-state index in [0.29, 0.717) is 18.1 Å². The van der Waals surface area contributed by atoms with E-state index in [-0.39, 0.29) is 5.92 Å². The van der Waals surface area contributed by atoms with Crippen LogP contribution < -0.4 is 4.74 Å². The number of benzene rings is 1. The quantitative estimate of drug-likeness (QED) is 0.795. The Hall–Kier alpha value is -1.31. The van der Waals surface area contributed by atoms with Crippen LogP contribution in [0.1, 0.15) is 37.3 Å². The molecule has 2 aliphatic rings. The van der Waals surface area contributed by atoms with Crippen molar-refractivity contribution in [1.82, 2.24) is 0 Å². The normalized spacial score (nSPS) is 19.2. The minimum absolute atomic E-state index is 0.280. The van der Waals surface area contributed by atoms with Gasteiger partial charge >= 0.3 is 0 Å². The van der Waals surface area contributed by atoms with Gasteiger partial charge in [0, 0.05) is 18.8 Å². The van der Waals surface area contributed by atoms with Gasteiger partial charge in [0.15, 0.2) is 0 Å². The molecule has 96 valence electrons. The van der Waals surface area contributed by atoms with Crippen molar-refractivity contribution in [3.05, 3.63) is 29.3 Å². The maximum atomic E-state index is 12.0. The van der Waals surface area contributed by atoms with E-state index in [2.05, 4.69) is 19.1 Å². The Morgan fingerprint density at radius 2 is 2.28 bits per heavy atom. The maximum Gasteiger partial charge on any atom is 0.136 e. The van der Waals surface area contributed by atoms with E-state index in [0.717, 1.165) is 25.2 Å². The summed E-state index contributed by atoms with van der Waals surface area (Å²) in [6.07, 6.45) is 5.09. The molecule has 18 heavy (non-hydrogen) atoms. The van der Waals surface area contributed by atoms with Crippen molar-refractivity contribution < 1.29 is 9.53 Å². The van der Waals surface area contributed by atoms with Crippen LogP contribution in [0.2, 0.25) is 0 Å². The van der Waals surface area contributed by atoms with Crippen LogP contribution in [0.25, 0.3) is 0 Å². The lowest BCUT2D eigenvalue weighted by molar-refractivity contribution is -0.122. The number of hydrogen-bond acceptors (Lipinski definition) is 2. The summed E-state index contributed by atoms with van der Waals surface area (Å²) in [6.45, 7) is 2.90. The number of rotatable bonds is 5. The molecule has 0 spiro atoms. The van der Waals surface area contributed by atoms with Crippen molar-refractivity contribution in [3.8, 4) is 5.75 Å². The average molecular weight is 244 g/mol. The first kappa shape index (κ1) is 11.8. The van der Waals surface area contributed by atoms with Gasteiger partial charge in [0.1, 0.15) is 11.5 Å². The molecule has 0 radical (unpaired) electrons. The van der Waals surface area contributed by atoms with E-state index >= 15 is 0 Å². The Balaban J connectivity index is 1.58. The highest BCUT2D eigenvalue weighted by atomic mass is 16.5. The van der Waals surface area contributed by atoms with Crippen LogP contribution in [0.4, 0.5) is 0 Å². The van der Waals surface area contributed by atoms with Crippen LogP contribution in [0.15, 0.2) is 18.2 Å². The van der Waals surface area contributed by atoms with Crippen molar-refractivity contribution in [3.63, 3.8) is 0 Å². The number of fused-ring (bicyclic) bond motifs is 1. The van der Waals surface area contributed by atoms with Crippen molar-refractivity contribution in [2.45, 2.75) is 39.0 Å². The fourth-order valence-corrected chi connectivity index (χ4v) is 2.75. The van der Waals surface area contributed by atoms with Gasteiger partial charge in [-0.3, -0.25) is 4.79 Å². The van der Waals surface area contributed by atoms with Crippen molar-refractivity contribution in [2.75, 3.05) is 6.61 Å². The lowest BCUT2D eigenvalue weighted by Gasteiger charge is -2.09. The minimum atomic E-state index is 0.280. The second kappa shape index (κ2) is 4.75. The smallest absolute Gasteiger partial charge is 0.136 e. The zero-order valence-corrected chi connectivity index (χ0v) is 10.9. The Morgan fingerprint density at radius 1 is 1.44 bits per heavy atom. The number of hydrogen-bond donors (Lipinski definition) is 0. The average Bonchev–Trinajstić information content (AvgIpc) is 3.13.